The molecule has 1 rings (SSSR count). The molecule has 0 amide bonds. The molecule has 0 spiro atoms. The van der Waals surface area contributed by atoms with Gasteiger partial charge in [0, 0.05) is 12.1 Å². The Morgan fingerprint density at radius 1 is 1.18 bits per heavy atom. The second-order valence-corrected chi connectivity index (χ2v) is 8.81. The number of thiol groups is 1. The Kier molecular flexibility index (Phi) is 5.35. The van der Waals surface area contributed by atoms with Crippen LogP contribution in [-0.2, 0) is 10.0 Å². The highest BCUT2D eigenvalue weighted by Crippen LogP contribution is 2.34. The van der Waals surface area contributed by atoms with Crippen molar-refractivity contribution in [3.8, 4) is 0 Å². The Hall–Kier alpha value is 0.260. The molecule has 1 fully saturated rings. The molecule has 5 heteroatoms. The fourth-order valence-corrected chi connectivity index (χ4v) is 3.94. The number of rotatable bonds is 7. The van der Waals surface area contributed by atoms with E-state index in [1.807, 2.05) is 6.92 Å². The van der Waals surface area contributed by atoms with Crippen molar-refractivity contribution in [2.75, 3.05) is 0 Å². The third-order valence-corrected chi connectivity index (χ3v) is 6.13. The van der Waals surface area contributed by atoms with Gasteiger partial charge in [-0.25, -0.2) is 8.42 Å². The molecule has 102 valence electrons. The lowest BCUT2D eigenvalue weighted by Crippen LogP contribution is -2.43. The van der Waals surface area contributed by atoms with Gasteiger partial charge in [-0.3, -0.25) is 0 Å². The zero-order valence-electron chi connectivity index (χ0n) is 11.3. The van der Waals surface area contributed by atoms with Gasteiger partial charge >= 0.3 is 0 Å². The first-order valence-corrected chi connectivity index (χ1v) is 8.49. The van der Waals surface area contributed by atoms with Crippen LogP contribution < -0.4 is 0 Å². The molecule has 0 radical (unpaired) electrons. The minimum atomic E-state index is -3.23. The summed E-state index contributed by atoms with van der Waals surface area (Å²) >= 11 is 4.11. The molecule has 0 bridgehead atoms. The topological polar surface area (TPSA) is 37.4 Å². The number of sulfonamides is 1. The van der Waals surface area contributed by atoms with Gasteiger partial charge in [0.1, 0.15) is 4.58 Å². The van der Waals surface area contributed by atoms with Crippen molar-refractivity contribution in [2.24, 2.45) is 5.92 Å². The molecule has 1 aliphatic rings. The Labute approximate surface area is 111 Å². The maximum absolute atomic E-state index is 12.2. The third kappa shape index (κ3) is 4.14. The molecule has 2 atom stereocenters. The van der Waals surface area contributed by atoms with E-state index in [1.54, 1.807) is 11.2 Å². The van der Waals surface area contributed by atoms with E-state index in [0.29, 0.717) is 5.92 Å². The summed E-state index contributed by atoms with van der Waals surface area (Å²) in [5.74, 6) is 0.620. The van der Waals surface area contributed by atoms with Crippen LogP contribution >= 0.6 is 12.6 Å². The summed E-state index contributed by atoms with van der Waals surface area (Å²) in [6.07, 6.45) is 4.02. The van der Waals surface area contributed by atoms with Gasteiger partial charge in [0.2, 0.25) is 10.0 Å². The van der Waals surface area contributed by atoms with Gasteiger partial charge < -0.3 is 0 Å². The lowest BCUT2D eigenvalue weighted by molar-refractivity contribution is 0.299. The zero-order chi connectivity index (χ0) is 13.2. The summed E-state index contributed by atoms with van der Waals surface area (Å²) in [7, 11) is -3.23. The summed E-state index contributed by atoms with van der Waals surface area (Å²) in [6.45, 7) is 8.01. The Morgan fingerprint density at radius 3 is 2.06 bits per heavy atom. The van der Waals surface area contributed by atoms with E-state index in [1.165, 1.54) is 0 Å². The summed E-state index contributed by atoms with van der Waals surface area (Å²) in [5, 5.41) is 0. The van der Waals surface area contributed by atoms with Crippen LogP contribution in [0.15, 0.2) is 0 Å². The van der Waals surface area contributed by atoms with Crippen LogP contribution in [0.1, 0.15) is 53.4 Å². The summed E-state index contributed by atoms with van der Waals surface area (Å²) in [6, 6.07) is 0.335. The average Bonchev–Trinajstić information content (AvgIpc) is 2.98. The summed E-state index contributed by atoms with van der Waals surface area (Å²) in [5.41, 5.74) is 0. The molecule has 0 aromatic carbocycles. The normalized spacial score (nSPS) is 20.9. The number of hydrogen-bond donors (Lipinski definition) is 1. The fourth-order valence-electron chi connectivity index (χ4n) is 2.03. The predicted molar refractivity (Wildman–Crippen MR) is 75.8 cm³/mol. The van der Waals surface area contributed by atoms with E-state index in [4.69, 9.17) is 0 Å². The van der Waals surface area contributed by atoms with Crippen LogP contribution in [-0.4, -0.2) is 29.4 Å². The lowest BCUT2D eigenvalue weighted by Gasteiger charge is -2.30. The molecule has 0 aromatic rings. The van der Waals surface area contributed by atoms with Crippen LogP contribution in [0, 0.1) is 5.92 Å². The summed E-state index contributed by atoms with van der Waals surface area (Å²) < 4.78 is 25.6. The number of hydrogen-bond acceptors (Lipinski definition) is 3. The minimum Gasteiger partial charge on any atom is -0.211 e. The molecule has 0 aliphatic heterocycles. The van der Waals surface area contributed by atoms with Gasteiger partial charge in [-0.1, -0.05) is 13.8 Å². The first kappa shape index (κ1) is 15.3. The zero-order valence-corrected chi connectivity index (χ0v) is 13.0. The highest BCUT2D eigenvalue weighted by Gasteiger charge is 2.41. The minimum absolute atomic E-state index is 0.101. The van der Waals surface area contributed by atoms with Crippen molar-refractivity contribution in [1.29, 1.82) is 0 Å². The van der Waals surface area contributed by atoms with Crippen LogP contribution in [0.25, 0.3) is 0 Å². The van der Waals surface area contributed by atoms with Crippen molar-refractivity contribution < 1.29 is 8.42 Å². The second-order valence-electron chi connectivity index (χ2n) is 5.53. The molecule has 1 unspecified atom stereocenters. The molecule has 1 saturated carbocycles. The molecule has 0 N–H and O–H groups in total. The lowest BCUT2D eigenvalue weighted by atomic mass is 10.0. The maximum Gasteiger partial charge on any atom is 0.226 e. The summed E-state index contributed by atoms with van der Waals surface area (Å²) in [4.78, 5) is 0. The molecule has 0 heterocycles. The van der Waals surface area contributed by atoms with E-state index in [2.05, 4.69) is 26.5 Å². The van der Waals surface area contributed by atoms with Gasteiger partial charge in [-0.15, -0.1) is 0 Å². The van der Waals surface area contributed by atoms with E-state index in [-0.39, 0.29) is 12.1 Å². The van der Waals surface area contributed by atoms with Gasteiger partial charge in [0.15, 0.2) is 0 Å². The van der Waals surface area contributed by atoms with Crippen molar-refractivity contribution in [3.63, 3.8) is 0 Å². The van der Waals surface area contributed by atoms with E-state index >= 15 is 0 Å². The SMILES string of the molecule is CC(C)CC[C@@H](C)N(C1CC1)S(=O)(=O)C(C)S. The van der Waals surface area contributed by atoms with E-state index < -0.39 is 14.6 Å². The van der Waals surface area contributed by atoms with Crippen molar-refractivity contribution >= 4 is 22.7 Å². The Balaban J connectivity index is 2.72. The van der Waals surface area contributed by atoms with Crippen molar-refractivity contribution in [2.45, 2.75) is 70.0 Å². The van der Waals surface area contributed by atoms with Crippen LogP contribution in [0.5, 0.6) is 0 Å². The Morgan fingerprint density at radius 2 is 1.71 bits per heavy atom. The molecule has 1 aliphatic carbocycles. The third-order valence-electron chi connectivity index (χ3n) is 3.23. The highest BCUT2D eigenvalue weighted by molar-refractivity contribution is 8.03. The standard InChI is InChI=1S/C12H25NO2S2/c1-9(2)5-6-10(3)13(12-7-8-12)17(14,15)11(4)16/h9-12,16H,5-8H2,1-4H3/t10-,11?/m1/s1. The van der Waals surface area contributed by atoms with Gasteiger partial charge in [-0.2, -0.15) is 16.9 Å². The van der Waals surface area contributed by atoms with Crippen LogP contribution in [0.3, 0.4) is 0 Å². The van der Waals surface area contributed by atoms with E-state index in [9.17, 15) is 8.42 Å². The predicted octanol–water partition coefficient (Wildman–Crippen LogP) is 2.88. The average molecular weight is 279 g/mol. The number of nitrogens with zero attached hydrogens (tertiary/aromatic N) is 1. The van der Waals surface area contributed by atoms with Crippen LogP contribution in [0.4, 0.5) is 0 Å². The monoisotopic (exact) mass is 279 g/mol. The van der Waals surface area contributed by atoms with Gasteiger partial charge in [0.25, 0.3) is 0 Å². The van der Waals surface area contributed by atoms with Gasteiger partial charge in [0.05, 0.1) is 0 Å². The Bertz CT molecular complexity index is 334. The van der Waals surface area contributed by atoms with Crippen LogP contribution in [0.2, 0.25) is 0 Å². The largest absolute Gasteiger partial charge is 0.226 e. The van der Waals surface area contributed by atoms with Gasteiger partial charge in [-0.05, 0) is 45.4 Å². The maximum atomic E-state index is 12.2. The van der Waals surface area contributed by atoms with Crippen molar-refractivity contribution in [1.82, 2.24) is 4.31 Å². The fraction of sp³-hybridized carbons (Fsp3) is 1.00. The first-order chi connectivity index (χ1) is 7.76. The molecule has 17 heavy (non-hydrogen) atoms. The second kappa shape index (κ2) is 5.93. The molecular weight excluding hydrogens is 254 g/mol. The molecule has 0 aromatic heterocycles. The van der Waals surface area contributed by atoms with Crippen molar-refractivity contribution in [3.05, 3.63) is 0 Å². The van der Waals surface area contributed by atoms with E-state index in [0.717, 1.165) is 25.7 Å². The molecule has 3 nitrogen and oxygen atoms in total. The smallest absolute Gasteiger partial charge is 0.211 e. The molecule has 0 saturated heterocycles. The molecular formula is C12H25NO2S2. The first-order valence-electron chi connectivity index (χ1n) is 6.47. The quantitative estimate of drug-likeness (QED) is 0.728. The highest BCUT2D eigenvalue weighted by atomic mass is 32.3.